The van der Waals surface area contributed by atoms with Crippen LogP contribution in [0.5, 0.6) is 0 Å². The lowest BCUT2D eigenvalue weighted by atomic mass is 10.1. The van der Waals surface area contributed by atoms with Gasteiger partial charge < -0.3 is 10.3 Å². The second-order valence-corrected chi connectivity index (χ2v) is 6.60. The molecule has 0 aliphatic heterocycles. The first-order chi connectivity index (χ1) is 12.2. The third-order valence-corrected chi connectivity index (χ3v) is 4.75. The van der Waals surface area contributed by atoms with Crippen molar-refractivity contribution in [2.45, 2.75) is 25.2 Å². The molecule has 2 N–H and O–H groups in total. The third-order valence-electron chi connectivity index (χ3n) is 4.75. The Labute approximate surface area is 145 Å². The highest BCUT2D eigenvalue weighted by atomic mass is 19.1. The van der Waals surface area contributed by atoms with Gasteiger partial charge in [0.2, 0.25) is 5.91 Å². The number of fused-ring (bicyclic) bond motifs is 1. The van der Waals surface area contributed by atoms with Crippen LogP contribution in [0.15, 0.2) is 48.5 Å². The van der Waals surface area contributed by atoms with E-state index in [1.807, 2.05) is 24.3 Å². The van der Waals surface area contributed by atoms with E-state index in [4.69, 9.17) is 0 Å². The quantitative estimate of drug-likeness (QED) is 0.676. The lowest BCUT2D eigenvalue weighted by molar-refractivity contribution is -0.122. The van der Waals surface area contributed by atoms with Crippen LogP contribution in [0.1, 0.15) is 30.1 Å². The van der Waals surface area contributed by atoms with Gasteiger partial charge in [-0.2, -0.15) is 0 Å². The zero-order valence-corrected chi connectivity index (χ0v) is 13.8. The van der Waals surface area contributed by atoms with Crippen molar-refractivity contribution in [2.75, 3.05) is 6.54 Å². The Bertz CT molecular complexity index is 854. The van der Waals surface area contributed by atoms with Crippen molar-refractivity contribution < 1.29 is 9.18 Å². The van der Waals surface area contributed by atoms with Crippen molar-refractivity contribution >= 4 is 16.9 Å². The summed E-state index contributed by atoms with van der Waals surface area (Å²) >= 11 is 0. The molecule has 25 heavy (non-hydrogen) atoms. The van der Waals surface area contributed by atoms with Crippen LogP contribution in [0.25, 0.3) is 11.0 Å². The molecular weight excluding hydrogens is 317 g/mol. The Morgan fingerprint density at radius 1 is 1.20 bits per heavy atom. The second kappa shape index (κ2) is 6.67. The standard InChI is InChI=1S/C20H20FN3O/c21-14-9-7-13(8-10-14)15-12-16(15)20(25)22-11-3-6-19-23-17-4-1-2-5-18(17)24-19/h1-2,4-5,7-10,15-16H,3,6,11-12H2,(H,22,25)(H,23,24)/t15-,16-/m1/s1. The highest BCUT2D eigenvalue weighted by Gasteiger charge is 2.43. The van der Waals surface area contributed by atoms with E-state index in [1.54, 1.807) is 12.1 Å². The van der Waals surface area contributed by atoms with Gasteiger partial charge in [-0.25, -0.2) is 9.37 Å². The van der Waals surface area contributed by atoms with E-state index in [2.05, 4.69) is 15.3 Å². The molecule has 0 saturated heterocycles. The van der Waals surface area contributed by atoms with Crippen LogP contribution in [-0.2, 0) is 11.2 Å². The van der Waals surface area contributed by atoms with Crippen LogP contribution in [0.3, 0.4) is 0 Å². The Morgan fingerprint density at radius 3 is 2.80 bits per heavy atom. The first-order valence-electron chi connectivity index (χ1n) is 8.67. The number of rotatable bonds is 6. The van der Waals surface area contributed by atoms with Gasteiger partial charge in [-0.3, -0.25) is 4.79 Å². The predicted octanol–water partition coefficient (Wildman–Crippen LogP) is 3.55. The second-order valence-electron chi connectivity index (χ2n) is 6.60. The van der Waals surface area contributed by atoms with Gasteiger partial charge in [0.15, 0.2) is 0 Å². The fourth-order valence-electron chi connectivity index (χ4n) is 3.29. The van der Waals surface area contributed by atoms with Crippen LogP contribution >= 0.6 is 0 Å². The van der Waals surface area contributed by atoms with Crippen LogP contribution in [-0.4, -0.2) is 22.4 Å². The SMILES string of the molecule is O=C(NCCCc1nc2ccccc2[nH]1)[C@@H]1C[C@@H]1c1ccc(F)cc1. The summed E-state index contributed by atoms with van der Waals surface area (Å²) in [5.41, 5.74) is 3.06. The van der Waals surface area contributed by atoms with E-state index in [-0.39, 0.29) is 23.6 Å². The average molecular weight is 337 g/mol. The smallest absolute Gasteiger partial charge is 0.223 e. The fraction of sp³-hybridized carbons (Fsp3) is 0.300. The lowest BCUT2D eigenvalue weighted by Gasteiger charge is -2.04. The molecule has 128 valence electrons. The molecule has 1 aromatic heterocycles. The van der Waals surface area contributed by atoms with E-state index in [1.165, 1.54) is 12.1 Å². The monoisotopic (exact) mass is 337 g/mol. The van der Waals surface area contributed by atoms with Gasteiger partial charge in [-0.15, -0.1) is 0 Å². The van der Waals surface area contributed by atoms with Gasteiger partial charge in [0.1, 0.15) is 11.6 Å². The van der Waals surface area contributed by atoms with Gasteiger partial charge in [-0.05, 0) is 48.6 Å². The van der Waals surface area contributed by atoms with Gasteiger partial charge in [0, 0.05) is 18.9 Å². The number of amides is 1. The number of benzene rings is 2. The predicted molar refractivity (Wildman–Crippen MR) is 94.7 cm³/mol. The summed E-state index contributed by atoms with van der Waals surface area (Å²) in [7, 11) is 0. The van der Waals surface area contributed by atoms with Crippen LogP contribution < -0.4 is 5.32 Å². The van der Waals surface area contributed by atoms with Crippen molar-refractivity contribution in [3.8, 4) is 0 Å². The Kier molecular flexibility index (Phi) is 4.22. The topological polar surface area (TPSA) is 57.8 Å². The summed E-state index contributed by atoms with van der Waals surface area (Å²) < 4.78 is 13.0. The number of carbonyl (C=O) groups excluding carboxylic acids is 1. The maximum Gasteiger partial charge on any atom is 0.223 e. The molecule has 1 amide bonds. The minimum Gasteiger partial charge on any atom is -0.356 e. The molecular formula is C20H20FN3O. The number of hydrogen-bond donors (Lipinski definition) is 2. The Balaban J connectivity index is 1.22. The third kappa shape index (κ3) is 3.55. The van der Waals surface area contributed by atoms with E-state index >= 15 is 0 Å². The molecule has 4 rings (SSSR count). The van der Waals surface area contributed by atoms with Crippen molar-refractivity contribution in [1.82, 2.24) is 15.3 Å². The summed E-state index contributed by atoms with van der Waals surface area (Å²) in [5.74, 6) is 1.06. The molecule has 3 aromatic rings. The number of hydrogen-bond acceptors (Lipinski definition) is 2. The van der Waals surface area contributed by atoms with Crippen molar-refractivity contribution in [2.24, 2.45) is 5.92 Å². The number of nitrogens with zero attached hydrogens (tertiary/aromatic N) is 1. The zero-order chi connectivity index (χ0) is 17.2. The largest absolute Gasteiger partial charge is 0.356 e. The minimum absolute atomic E-state index is 0.0247. The highest BCUT2D eigenvalue weighted by molar-refractivity contribution is 5.82. The number of aromatic nitrogens is 2. The number of para-hydroxylation sites is 2. The van der Waals surface area contributed by atoms with Crippen LogP contribution in [0, 0.1) is 11.7 Å². The lowest BCUT2D eigenvalue weighted by Crippen LogP contribution is -2.26. The van der Waals surface area contributed by atoms with E-state index in [9.17, 15) is 9.18 Å². The molecule has 1 saturated carbocycles. The number of H-pyrrole nitrogens is 1. The number of aryl methyl sites for hydroxylation is 1. The average Bonchev–Trinajstić information content (AvgIpc) is 3.31. The summed E-state index contributed by atoms with van der Waals surface area (Å²) in [5, 5.41) is 3.01. The van der Waals surface area contributed by atoms with Crippen LogP contribution in [0.4, 0.5) is 4.39 Å². The molecule has 2 atom stereocenters. The number of imidazole rings is 1. The first-order valence-corrected chi connectivity index (χ1v) is 8.67. The molecule has 1 heterocycles. The first kappa shape index (κ1) is 15.8. The van der Waals surface area contributed by atoms with Crippen molar-refractivity contribution in [3.63, 3.8) is 0 Å². The summed E-state index contributed by atoms with van der Waals surface area (Å²) in [6, 6.07) is 14.4. The summed E-state index contributed by atoms with van der Waals surface area (Å²) in [6.45, 7) is 0.641. The minimum atomic E-state index is -0.240. The number of aromatic amines is 1. The highest BCUT2D eigenvalue weighted by Crippen LogP contribution is 2.47. The number of halogens is 1. The normalized spacial score (nSPS) is 19.1. The van der Waals surface area contributed by atoms with Crippen LogP contribution in [0.2, 0.25) is 0 Å². The van der Waals surface area contributed by atoms with Crippen molar-refractivity contribution in [3.05, 3.63) is 65.7 Å². The number of carbonyl (C=O) groups is 1. The molecule has 1 fully saturated rings. The molecule has 0 radical (unpaired) electrons. The molecule has 0 unspecified atom stereocenters. The van der Waals surface area contributed by atoms with Gasteiger partial charge >= 0.3 is 0 Å². The van der Waals surface area contributed by atoms with E-state index in [0.717, 1.165) is 41.7 Å². The summed E-state index contributed by atoms with van der Waals surface area (Å²) in [4.78, 5) is 20.0. The molecule has 4 nitrogen and oxygen atoms in total. The molecule has 0 spiro atoms. The van der Waals surface area contributed by atoms with E-state index in [0.29, 0.717) is 6.54 Å². The molecule has 5 heteroatoms. The maximum atomic E-state index is 13.0. The van der Waals surface area contributed by atoms with Gasteiger partial charge in [0.25, 0.3) is 0 Å². The van der Waals surface area contributed by atoms with Crippen molar-refractivity contribution in [1.29, 1.82) is 0 Å². The molecule has 2 aromatic carbocycles. The Hall–Kier alpha value is -2.69. The molecule has 1 aliphatic carbocycles. The Morgan fingerprint density at radius 2 is 2.00 bits per heavy atom. The molecule has 0 bridgehead atoms. The van der Waals surface area contributed by atoms with E-state index < -0.39 is 0 Å². The maximum absolute atomic E-state index is 13.0. The fourth-order valence-corrected chi connectivity index (χ4v) is 3.29. The molecule has 1 aliphatic rings. The van der Waals surface area contributed by atoms with Gasteiger partial charge in [0.05, 0.1) is 11.0 Å². The number of nitrogens with one attached hydrogen (secondary N) is 2. The zero-order valence-electron chi connectivity index (χ0n) is 13.8. The van der Waals surface area contributed by atoms with Gasteiger partial charge in [-0.1, -0.05) is 24.3 Å². The summed E-state index contributed by atoms with van der Waals surface area (Å²) in [6.07, 6.45) is 2.50.